The maximum absolute atomic E-state index is 2.37. The third-order valence-corrected chi connectivity index (χ3v) is 9.39. The summed E-state index contributed by atoms with van der Waals surface area (Å²) in [6.07, 6.45) is 0. The van der Waals surface area contributed by atoms with Crippen LogP contribution in [0.5, 0.6) is 0 Å². The zero-order valence-electron chi connectivity index (χ0n) is 26.4. The highest BCUT2D eigenvalue weighted by atomic mass is 15.1. The van der Waals surface area contributed by atoms with E-state index >= 15 is 0 Å². The minimum absolute atomic E-state index is 1.10. The number of hydrogen-bond donors (Lipinski definition) is 0. The molecule has 0 aliphatic heterocycles. The second kappa shape index (κ2) is 11.8. The van der Waals surface area contributed by atoms with Crippen molar-refractivity contribution < 1.29 is 0 Å². The number of fused-ring (bicyclic) bond motifs is 4. The van der Waals surface area contributed by atoms with Crippen molar-refractivity contribution in [3.05, 3.63) is 194 Å². The lowest BCUT2D eigenvalue weighted by molar-refractivity contribution is 1.17. The lowest BCUT2D eigenvalue weighted by Gasteiger charge is -2.26. The van der Waals surface area contributed by atoms with E-state index in [0.717, 1.165) is 22.7 Å². The van der Waals surface area contributed by atoms with Gasteiger partial charge in [-0.25, -0.2) is 0 Å². The summed E-state index contributed by atoms with van der Waals surface area (Å²) in [7, 11) is 0. The number of para-hydroxylation sites is 2. The summed E-state index contributed by atoms with van der Waals surface area (Å²) < 4.78 is 2.37. The van der Waals surface area contributed by atoms with Gasteiger partial charge in [0.05, 0.1) is 11.0 Å². The minimum atomic E-state index is 1.10. The van der Waals surface area contributed by atoms with E-state index in [2.05, 4.69) is 204 Å². The number of nitrogens with zero attached hydrogens (tertiary/aromatic N) is 2. The molecule has 2 nitrogen and oxygen atoms in total. The van der Waals surface area contributed by atoms with Crippen LogP contribution in [0, 0.1) is 0 Å². The number of benzene rings is 8. The second-order valence-corrected chi connectivity index (χ2v) is 12.2. The van der Waals surface area contributed by atoms with Crippen LogP contribution in [-0.2, 0) is 0 Å². The fraction of sp³-hybridized carbons (Fsp3) is 0. The Balaban J connectivity index is 1.13. The molecule has 48 heavy (non-hydrogen) atoms. The Labute approximate surface area is 280 Å². The van der Waals surface area contributed by atoms with E-state index in [9.17, 15) is 0 Å². The maximum Gasteiger partial charge on any atom is 0.0541 e. The fourth-order valence-electron chi connectivity index (χ4n) is 7.00. The summed E-state index contributed by atoms with van der Waals surface area (Å²) >= 11 is 0. The molecule has 8 aromatic carbocycles. The molecule has 0 amide bonds. The highest BCUT2D eigenvalue weighted by Crippen LogP contribution is 2.38. The van der Waals surface area contributed by atoms with Gasteiger partial charge < -0.3 is 9.47 Å². The molecule has 0 aliphatic carbocycles. The molecular formula is C46H32N2. The highest BCUT2D eigenvalue weighted by Gasteiger charge is 2.16. The molecule has 0 fully saturated rings. The van der Waals surface area contributed by atoms with Gasteiger partial charge >= 0.3 is 0 Å². The van der Waals surface area contributed by atoms with Crippen LogP contribution in [-0.4, -0.2) is 4.57 Å². The van der Waals surface area contributed by atoms with Gasteiger partial charge in [0.25, 0.3) is 0 Å². The summed E-state index contributed by atoms with van der Waals surface area (Å²) in [5.41, 5.74) is 11.7. The molecule has 0 aliphatic rings. The van der Waals surface area contributed by atoms with Crippen LogP contribution >= 0.6 is 0 Å². The Kier molecular flexibility index (Phi) is 6.84. The minimum Gasteiger partial charge on any atom is -0.311 e. The molecule has 0 N–H and O–H groups in total. The Bertz CT molecular complexity index is 2470. The predicted octanol–water partition coefficient (Wildman–Crippen LogP) is 12.7. The van der Waals surface area contributed by atoms with E-state index in [1.54, 1.807) is 0 Å². The summed E-state index contributed by atoms with van der Waals surface area (Å²) in [5, 5.41) is 5.04. The molecular weight excluding hydrogens is 581 g/mol. The summed E-state index contributed by atoms with van der Waals surface area (Å²) in [6, 6.07) is 69.9. The lowest BCUT2D eigenvalue weighted by Crippen LogP contribution is -2.10. The van der Waals surface area contributed by atoms with Crippen LogP contribution < -0.4 is 4.90 Å². The molecule has 0 radical (unpaired) electrons. The number of rotatable bonds is 6. The van der Waals surface area contributed by atoms with E-state index in [-0.39, 0.29) is 0 Å². The predicted molar refractivity (Wildman–Crippen MR) is 204 cm³/mol. The van der Waals surface area contributed by atoms with E-state index in [1.807, 2.05) is 0 Å². The zero-order valence-corrected chi connectivity index (χ0v) is 26.4. The van der Waals surface area contributed by atoms with Gasteiger partial charge in [-0.2, -0.15) is 0 Å². The third-order valence-electron chi connectivity index (χ3n) is 9.39. The van der Waals surface area contributed by atoms with Crippen molar-refractivity contribution in [2.24, 2.45) is 0 Å². The molecule has 0 unspecified atom stereocenters. The van der Waals surface area contributed by atoms with E-state index in [4.69, 9.17) is 0 Å². The molecule has 0 spiro atoms. The SMILES string of the molecule is c1ccc(-c2ccc(N(c3ccc(-c4ccc5ccccc5c4)cc3)c3ccc(-n4c5ccccc5c5ccccc54)cc3)cc2)cc1. The Morgan fingerprint density at radius 2 is 0.750 bits per heavy atom. The van der Waals surface area contributed by atoms with Crippen molar-refractivity contribution in [2.45, 2.75) is 0 Å². The van der Waals surface area contributed by atoms with Crippen LogP contribution in [0.15, 0.2) is 194 Å². The number of hydrogen-bond acceptors (Lipinski definition) is 1. The molecule has 0 saturated heterocycles. The van der Waals surface area contributed by atoms with Gasteiger partial charge in [0, 0.05) is 33.5 Å². The summed E-state index contributed by atoms with van der Waals surface area (Å²) in [4.78, 5) is 2.34. The van der Waals surface area contributed by atoms with Gasteiger partial charge in [-0.1, -0.05) is 127 Å². The largest absolute Gasteiger partial charge is 0.311 e. The van der Waals surface area contributed by atoms with Crippen LogP contribution in [0.1, 0.15) is 0 Å². The fourth-order valence-corrected chi connectivity index (χ4v) is 7.00. The molecule has 226 valence electrons. The first-order valence-electron chi connectivity index (χ1n) is 16.4. The third kappa shape index (κ3) is 4.92. The monoisotopic (exact) mass is 612 g/mol. The molecule has 2 heteroatoms. The van der Waals surface area contributed by atoms with E-state index < -0.39 is 0 Å². The molecule has 0 saturated carbocycles. The van der Waals surface area contributed by atoms with Crippen LogP contribution in [0.25, 0.3) is 60.5 Å². The topological polar surface area (TPSA) is 8.17 Å². The van der Waals surface area contributed by atoms with Crippen LogP contribution in [0.4, 0.5) is 17.1 Å². The average Bonchev–Trinajstić information content (AvgIpc) is 3.50. The van der Waals surface area contributed by atoms with Crippen LogP contribution in [0.2, 0.25) is 0 Å². The molecule has 1 aromatic heterocycles. The van der Waals surface area contributed by atoms with Gasteiger partial charge in [-0.05, 0) is 99.8 Å². The molecule has 9 rings (SSSR count). The van der Waals surface area contributed by atoms with Crippen molar-refractivity contribution in [3.63, 3.8) is 0 Å². The van der Waals surface area contributed by atoms with Gasteiger partial charge in [0.2, 0.25) is 0 Å². The van der Waals surface area contributed by atoms with Gasteiger partial charge in [0.15, 0.2) is 0 Å². The zero-order chi connectivity index (χ0) is 31.9. The quantitative estimate of drug-likeness (QED) is 0.181. The van der Waals surface area contributed by atoms with Gasteiger partial charge in [-0.15, -0.1) is 0 Å². The molecule has 1 heterocycles. The number of aromatic nitrogens is 1. The van der Waals surface area contributed by atoms with Crippen LogP contribution in [0.3, 0.4) is 0 Å². The normalized spacial score (nSPS) is 11.3. The standard InChI is InChI=1S/C46H32N2/c1-2-10-33(11-3-1)35-20-24-39(25-21-35)47(40-26-22-36(23-27-40)38-19-18-34-12-4-5-13-37(34)32-38)41-28-30-42(31-29-41)48-45-16-8-6-14-43(45)44-15-7-9-17-46(44)48/h1-32H. The lowest BCUT2D eigenvalue weighted by atomic mass is 10.0. The van der Waals surface area contributed by atoms with Crippen molar-refractivity contribution >= 4 is 49.6 Å². The van der Waals surface area contributed by atoms with E-state index in [1.165, 1.54) is 54.8 Å². The summed E-state index contributed by atoms with van der Waals surface area (Å²) in [5.74, 6) is 0. The Morgan fingerprint density at radius 3 is 1.35 bits per heavy atom. The molecule has 9 aromatic rings. The van der Waals surface area contributed by atoms with Crippen molar-refractivity contribution in [1.29, 1.82) is 0 Å². The average molecular weight is 613 g/mol. The maximum atomic E-state index is 2.37. The van der Waals surface area contributed by atoms with Crippen molar-refractivity contribution in [2.75, 3.05) is 4.90 Å². The highest BCUT2D eigenvalue weighted by molar-refractivity contribution is 6.09. The first-order valence-corrected chi connectivity index (χ1v) is 16.4. The molecule has 0 atom stereocenters. The first kappa shape index (κ1) is 27.9. The van der Waals surface area contributed by atoms with Crippen molar-refractivity contribution in [3.8, 4) is 27.9 Å². The number of anilines is 3. The van der Waals surface area contributed by atoms with Crippen molar-refractivity contribution in [1.82, 2.24) is 4.57 Å². The second-order valence-electron chi connectivity index (χ2n) is 12.2. The van der Waals surface area contributed by atoms with E-state index in [0.29, 0.717) is 0 Å². The first-order chi connectivity index (χ1) is 23.8. The van der Waals surface area contributed by atoms with Gasteiger partial charge in [0.1, 0.15) is 0 Å². The molecule has 0 bridgehead atoms. The Morgan fingerprint density at radius 1 is 0.312 bits per heavy atom. The summed E-state index contributed by atoms with van der Waals surface area (Å²) in [6.45, 7) is 0. The van der Waals surface area contributed by atoms with Gasteiger partial charge in [-0.3, -0.25) is 0 Å². The smallest absolute Gasteiger partial charge is 0.0541 e. The Hall–Kier alpha value is -6.38.